The van der Waals surface area contributed by atoms with Gasteiger partial charge in [-0.05, 0) is 33.8 Å². The number of ether oxygens (including phenoxy) is 2. The smallest absolute Gasteiger partial charge is 0.357 e. The summed E-state index contributed by atoms with van der Waals surface area (Å²) in [6, 6.07) is -0.798. The third-order valence-corrected chi connectivity index (χ3v) is 6.52. The fourth-order valence-corrected chi connectivity index (χ4v) is 4.74. The Hall–Kier alpha value is -2.86. The van der Waals surface area contributed by atoms with Crippen molar-refractivity contribution in [2.24, 2.45) is 5.41 Å². The zero-order valence-electron chi connectivity index (χ0n) is 18.0. The first-order chi connectivity index (χ1) is 15.0. The number of carbonyl (C=O) groups is 4. The van der Waals surface area contributed by atoms with Gasteiger partial charge in [0.15, 0.2) is 5.13 Å². The second-order valence-electron chi connectivity index (χ2n) is 7.98. The van der Waals surface area contributed by atoms with E-state index in [0.717, 1.165) is 0 Å². The van der Waals surface area contributed by atoms with Crippen LogP contribution >= 0.6 is 23.1 Å². The van der Waals surface area contributed by atoms with Gasteiger partial charge in [-0.3, -0.25) is 19.3 Å². The first-order valence-electron chi connectivity index (χ1n) is 9.72. The Morgan fingerprint density at radius 3 is 2.66 bits per heavy atom. The lowest BCUT2D eigenvalue weighted by atomic mass is 9.98. The molecule has 2 aliphatic rings. The van der Waals surface area contributed by atoms with Gasteiger partial charge >= 0.3 is 11.9 Å². The summed E-state index contributed by atoms with van der Waals surface area (Å²) in [4.78, 5) is 55.0. The van der Waals surface area contributed by atoms with Crippen LogP contribution in [0.3, 0.4) is 0 Å². The predicted molar refractivity (Wildman–Crippen MR) is 120 cm³/mol. The molecule has 3 N–H and O–H groups in total. The largest absolute Gasteiger partial charge is 0.427 e. The molecule has 0 aromatic carbocycles. The lowest BCUT2D eigenvalue weighted by Gasteiger charge is -2.48. The van der Waals surface area contributed by atoms with Gasteiger partial charge in [-0.15, -0.1) is 23.1 Å². The molecule has 1 aromatic heterocycles. The fourth-order valence-electron chi connectivity index (χ4n) is 2.98. The van der Waals surface area contributed by atoms with Gasteiger partial charge in [0.1, 0.15) is 17.1 Å². The number of nitrogens with two attached hydrogens (primary N) is 1. The summed E-state index contributed by atoms with van der Waals surface area (Å²) >= 11 is 2.62. The maximum Gasteiger partial charge on any atom is 0.357 e. The summed E-state index contributed by atoms with van der Waals surface area (Å²) in [5.74, 6) is -1.72. The van der Waals surface area contributed by atoms with E-state index in [1.165, 1.54) is 28.0 Å². The number of nitrogen functional groups attached to an aromatic ring is 1. The minimum absolute atomic E-state index is 0.0644. The third kappa shape index (κ3) is 4.80. The highest BCUT2D eigenvalue weighted by molar-refractivity contribution is 8.00. The van der Waals surface area contributed by atoms with E-state index in [4.69, 9.17) is 15.2 Å². The normalized spacial score (nSPS) is 20.6. The van der Waals surface area contributed by atoms with E-state index in [1.807, 2.05) is 0 Å². The van der Waals surface area contributed by atoms with Crippen LogP contribution in [-0.4, -0.2) is 57.6 Å². The van der Waals surface area contributed by atoms with E-state index in [0.29, 0.717) is 22.2 Å². The highest BCUT2D eigenvalue weighted by Gasteiger charge is 2.53. The molecule has 32 heavy (non-hydrogen) atoms. The molecular formula is C20H24N4O6S2. The molecule has 2 amide bonds. The molecule has 10 nitrogen and oxygen atoms in total. The van der Waals surface area contributed by atoms with E-state index in [-0.39, 0.29) is 5.70 Å². The van der Waals surface area contributed by atoms with Gasteiger partial charge in [-0.1, -0.05) is 6.08 Å². The molecule has 1 aromatic rings. The van der Waals surface area contributed by atoms with Gasteiger partial charge in [0.2, 0.25) is 6.79 Å². The fraction of sp³-hybridized carbons (Fsp3) is 0.450. The molecule has 2 atom stereocenters. The van der Waals surface area contributed by atoms with Crippen LogP contribution in [0.2, 0.25) is 0 Å². The Bertz CT molecular complexity index is 1010. The molecule has 12 heteroatoms. The number of nitrogens with one attached hydrogen (secondary N) is 1. The molecule has 0 bridgehead atoms. The van der Waals surface area contributed by atoms with Crippen LogP contribution in [-0.2, 0) is 28.7 Å². The molecule has 0 aliphatic carbocycles. The van der Waals surface area contributed by atoms with Crippen molar-refractivity contribution < 1.29 is 28.7 Å². The molecule has 1 saturated heterocycles. The number of β-lactam (4-membered cyclic amide) rings is 1. The van der Waals surface area contributed by atoms with E-state index in [2.05, 4.69) is 10.3 Å². The van der Waals surface area contributed by atoms with E-state index in [9.17, 15) is 19.2 Å². The number of allylic oxidation sites excluding steroid dienone is 1. The number of anilines is 1. The van der Waals surface area contributed by atoms with Crippen molar-refractivity contribution in [3.63, 3.8) is 0 Å². The van der Waals surface area contributed by atoms with E-state index >= 15 is 0 Å². The molecule has 0 radical (unpaired) electrons. The number of rotatable bonds is 6. The number of hydrogen-bond donors (Lipinski definition) is 2. The molecule has 0 spiro atoms. The Kier molecular flexibility index (Phi) is 6.94. The van der Waals surface area contributed by atoms with Crippen molar-refractivity contribution in [2.75, 3.05) is 18.3 Å². The zero-order valence-corrected chi connectivity index (χ0v) is 19.7. The number of aromatic nitrogens is 1. The molecular weight excluding hydrogens is 456 g/mol. The number of thioether (sulfide) groups is 1. The maximum atomic E-state index is 12.7. The first-order valence-corrected chi connectivity index (χ1v) is 11.6. The Balaban J connectivity index is 1.60. The van der Waals surface area contributed by atoms with Crippen molar-refractivity contribution in [1.29, 1.82) is 0 Å². The van der Waals surface area contributed by atoms with Crippen LogP contribution < -0.4 is 11.1 Å². The summed E-state index contributed by atoms with van der Waals surface area (Å²) in [5.41, 5.74) is 5.72. The van der Waals surface area contributed by atoms with Gasteiger partial charge in [-0.2, -0.15) is 0 Å². The number of fused-ring (bicyclic) bond motifs is 1. The zero-order chi connectivity index (χ0) is 23.6. The van der Waals surface area contributed by atoms with Gasteiger partial charge < -0.3 is 20.5 Å². The molecule has 172 valence electrons. The first kappa shape index (κ1) is 23.8. The van der Waals surface area contributed by atoms with Crippen LogP contribution in [0.1, 0.15) is 33.4 Å². The Labute approximate surface area is 193 Å². The van der Waals surface area contributed by atoms with Crippen LogP contribution in [0.15, 0.2) is 23.2 Å². The summed E-state index contributed by atoms with van der Waals surface area (Å²) in [5, 5.41) is 4.26. The van der Waals surface area contributed by atoms with Crippen molar-refractivity contribution in [3.05, 3.63) is 28.9 Å². The summed E-state index contributed by atoms with van der Waals surface area (Å²) in [6.45, 7) is 6.18. The molecule has 3 rings (SSSR count). The monoisotopic (exact) mass is 480 g/mol. The predicted octanol–water partition coefficient (Wildman–Crippen LogP) is 1.50. The molecule has 1 fully saturated rings. The Morgan fingerprint density at radius 2 is 2.06 bits per heavy atom. The van der Waals surface area contributed by atoms with Gasteiger partial charge in [-0.25, -0.2) is 9.78 Å². The van der Waals surface area contributed by atoms with Crippen LogP contribution in [0.25, 0.3) is 5.57 Å². The molecule has 0 unspecified atom stereocenters. The summed E-state index contributed by atoms with van der Waals surface area (Å²) < 4.78 is 9.95. The average Bonchev–Trinajstić information content (AvgIpc) is 3.16. The number of carbonyl (C=O) groups excluding carboxylic acids is 4. The number of esters is 2. The minimum Gasteiger partial charge on any atom is -0.427 e. The number of thiazole rings is 1. The van der Waals surface area contributed by atoms with Crippen LogP contribution in [0, 0.1) is 5.41 Å². The maximum absolute atomic E-state index is 12.7. The van der Waals surface area contributed by atoms with Gasteiger partial charge in [0.25, 0.3) is 11.8 Å². The van der Waals surface area contributed by atoms with E-state index in [1.54, 1.807) is 45.2 Å². The van der Waals surface area contributed by atoms with Gasteiger partial charge in [0, 0.05) is 11.1 Å². The highest BCUT2D eigenvalue weighted by atomic mass is 32.2. The van der Waals surface area contributed by atoms with Gasteiger partial charge in [0.05, 0.1) is 16.7 Å². The van der Waals surface area contributed by atoms with Crippen molar-refractivity contribution in [1.82, 2.24) is 15.2 Å². The topological polar surface area (TPSA) is 141 Å². The van der Waals surface area contributed by atoms with Crippen LogP contribution in [0.5, 0.6) is 0 Å². The lowest BCUT2D eigenvalue weighted by molar-refractivity contribution is -0.173. The second-order valence-corrected chi connectivity index (χ2v) is 10.0. The molecule has 2 aliphatic heterocycles. The molecule has 0 saturated carbocycles. The summed E-state index contributed by atoms with van der Waals surface area (Å²) in [6.07, 6.45) is 3.17. The standard InChI is InChI=1S/C20H24N4O6S2/c1-5-10(11-8-32-19(21)22-11)14(25)23-13-15(26)24-12(6-7-31-16(13)24)17(27)29-9-30-18(28)20(2,3)4/h5-6,8,13,16H,7,9H2,1-4H3,(H2,21,22)(H,23,25)/t13-,16-/m1/s1. The van der Waals surface area contributed by atoms with Crippen molar-refractivity contribution in [3.8, 4) is 0 Å². The molecule has 3 heterocycles. The number of nitrogens with zero attached hydrogens (tertiary/aromatic N) is 2. The highest BCUT2D eigenvalue weighted by Crippen LogP contribution is 2.38. The average molecular weight is 481 g/mol. The minimum atomic E-state index is -0.798. The number of hydrogen-bond acceptors (Lipinski definition) is 10. The van der Waals surface area contributed by atoms with Crippen LogP contribution in [0.4, 0.5) is 5.13 Å². The Morgan fingerprint density at radius 1 is 1.34 bits per heavy atom. The lowest BCUT2D eigenvalue weighted by Crippen LogP contribution is -2.70. The van der Waals surface area contributed by atoms with Crippen molar-refractivity contribution >= 4 is 57.6 Å². The quantitative estimate of drug-likeness (QED) is 0.268. The summed E-state index contributed by atoms with van der Waals surface area (Å²) in [7, 11) is 0. The SMILES string of the molecule is CC=C(C(=O)N[C@@H]1C(=O)N2C(C(=O)OCOC(=O)C(C)(C)C)=CCS[C@H]12)c1csc(N)n1. The van der Waals surface area contributed by atoms with E-state index < -0.39 is 47.4 Å². The second kappa shape index (κ2) is 9.33. The number of amides is 2. The third-order valence-electron chi connectivity index (χ3n) is 4.67. The van der Waals surface area contributed by atoms with Crippen molar-refractivity contribution in [2.45, 2.75) is 39.1 Å².